The molecule has 1 heterocycles. The smallest absolute Gasteiger partial charge is 0.236 e. The number of carbonyl (C=O) groups excluding carboxylic acids is 1. The van der Waals surface area contributed by atoms with Gasteiger partial charge in [-0.1, -0.05) is 0 Å². The minimum absolute atomic E-state index is 0.215. The van der Waals surface area contributed by atoms with Crippen LogP contribution in [0.3, 0.4) is 0 Å². The fourth-order valence-electron chi connectivity index (χ4n) is 3.95. The zero-order valence-electron chi connectivity index (χ0n) is 16.7. The Balaban J connectivity index is 2.23. The molecule has 28 heavy (non-hydrogen) atoms. The van der Waals surface area contributed by atoms with Crippen molar-refractivity contribution >= 4 is 5.91 Å². The van der Waals surface area contributed by atoms with Gasteiger partial charge in [-0.2, -0.15) is 0 Å². The molecule has 11 nitrogen and oxygen atoms in total. The molecule has 1 aliphatic carbocycles. The van der Waals surface area contributed by atoms with Gasteiger partial charge in [-0.15, -0.1) is 0 Å². The number of methoxy groups -OCH3 is 1. The van der Waals surface area contributed by atoms with Crippen molar-refractivity contribution in [1.29, 1.82) is 0 Å². The summed E-state index contributed by atoms with van der Waals surface area (Å²) in [4.78, 5) is 13.3. The first-order chi connectivity index (χ1) is 13.1. The minimum Gasteiger partial charge on any atom is -0.389 e. The fourth-order valence-corrected chi connectivity index (χ4v) is 3.95. The van der Waals surface area contributed by atoms with E-state index in [0.29, 0.717) is 12.8 Å². The highest BCUT2D eigenvalue weighted by atomic mass is 16.7. The second-order valence-electron chi connectivity index (χ2n) is 7.70. The maximum absolute atomic E-state index is 12.1. The van der Waals surface area contributed by atoms with E-state index in [1.54, 1.807) is 0 Å². The number of hydrogen-bond acceptors (Lipinski definition) is 10. The lowest BCUT2D eigenvalue weighted by atomic mass is 9.80. The van der Waals surface area contributed by atoms with Crippen molar-refractivity contribution in [1.82, 2.24) is 4.90 Å². The number of carbonyl (C=O) groups is 1. The van der Waals surface area contributed by atoms with Crippen LogP contribution in [0, 0.1) is 0 Å². The summed E-state index contributed by atoms with van der Waals surface area (Å²) in [6.45, 7) is 1.58. The van der Waals surface area contributed by atoms with E-state index in [1.807, 2.05) is 6.92 Å². The van der Waals surface area contributed by atoms with Crippen LogP contribution in [0.15, 0.2) is 0 Å². The summed E-state index contributed by atoms with van der Waals surface area (Å²) in [5.41, 5.74) is 23.6. The average Bonchev–Trinajstić information content (AvgIpc) is 2.67. The van der Waals surface area contributed by atoms with Gasteiger partial charge in [-0.25, -0.2) is 0 Å². The molecule has 164 valence electrons. The van der Waals surface area contributed by atoms with Crippen molar-refractivity contribution in [3.8, 4) is 0 Å². The van der Waals surface area contributed by atoms with E-state index in [1.165, 1.54) is 19.1 Å². The van der Waals surface area contributed by atoms with Crippen LogP contribution in [0.4, 0.5) is 0 Å². The SMILES string of the molecule is CO[C@H]1[C@H](O)[C@@H](N)[C@@H](O[C@H]2O[C@H](C(C)N)CCC2N)[C@H](O)[C@H]1N(C)C(=O)CN. The van der Waals surface area contributed by atoms with Crippen LogP contribution in [0.2, 0.25) is 0 Å². The van der Waals surface area contributed by atoms with Gasteiger partial charge in [0, 0.05) is 20.2 Å². The van der Waals surface area contributed by atoms with E-state index < -0.39 is 54.7 Å². The number of nitrogens with two attached hydrogens (primary N) is 4. The fraction of sp³-hybridized carbons (Fsp3) is 0.941. The Morgan fingerprint density at radius 2 is 1.89 bits per heavy atom. The summed E-state index contributed by atoms with van der Waals surface area (Å²) in [6.07, 6.45) is -4.16. The van der Waals surface area contributed by atoms with Gasteiger partial charge in [0.1, 0.15) is 18.3 Å². The van der Waals surface area contributed by atoms with E-state index in [9.17, 15) is 15.0 Å². The lowest BCUT2D eigenvalue weighted by molar-refractivity contribution is -0.267. The number of nitrogens with zero attached hydrogens (tertiary/aromatic N) is 1. The third-order valence-electron chi connectivity index (χ3n) is 5.74. The Bertz CT molecular complexity index is 526. The maximum atomic E-state index is 12.1. The van der Waals surface area contributed by atoms with Crippen LogP contribution in [-0.4, -0.2) is 103 Å². The predicted octanol–water partition coefficient (Wildman–Crippen LogP) is -3.59. The van der Waals surface area contributed by atoms with Crippen molar-refractivity contribution in [3.63, 3.8) is 0 Å². The monoisotopic (exact) mass is 405 g/mol. The van der Waals surface area contributed by atoms with Crippen molar-refractivity contribution < 1.29 is 29.2 Å². The molecule has 0 spiro atoms. The third kappa shape index (κ3) is 4.64. The lowest BCUT2D eigenvalue weighted by Crippen LogP contribution is -2.72. The highest BCUT2D eigenvalue weighted by Gasteiger charge is 2.53. The molecule has 1 saturated carbocycles. The highest BCUT2D eigenvalue weighted by molar-refractivity contribution is 5.78. The number of hydrogen-bond donors (Lipinski definition) is 6. The summed E-state index contributed by atoms with van der Waals surface area (Å²) < 4.78 is 17.1. The van der Waals surface area contributed by atoms with Gasteiger partial charge in [-0.05, 0) is 19.8 Å². The van der Waals surface area contributed by atoms with Gasteiger partial charge >= 0.3 is 0 Å². The summed E-state index contributed by atoms with van der Waals surface area (Å²) in [7, 11) is 2.85. The molecule has 1 aliphatic heterocycles. The molecule has 0 aromatic rings. The third-order valence-corrected chi connectivity index (χ3v) is 5.74. The second kappa shape index (κ2) is 9.74. The van der Waals surface area contributed by atoms with E-state index in [2.05, 4.69) is 0 Å². The van der Waals surface area contributed by atoms with Crippen LogP contribution in [0.5, 0.6) is 0 Å². The maximum Gasteiger partial charge on any atom is 0.236 e. The van der Waals surface area contributed by atoms with Crippen molar-refractivity contribution in [2.75, 3.05) is 20.7 Å². The van der Waals surface area contributed by atoms with Gasteiger partial charge in [0.2, 0.25) is 5.91 Å². The number of aliphatic hydroxyl groups excluding tert-OH is 2. The molecule has 1 amide bonds. The molecule has 11 heteroatoms. The van der Waals surface area contributed by atoms with Crippen LogP contribution in [0.1, 0.15) is 19.8 Å². The van der Waals surface area contributed by atoms with Crippen molar-refractivity contribution in [2.24, 2.45) is 22.9 Å². The Morgan fingerprint density at radius 3 is 2.43 bits per heavy atom. The van der Waals surface area contributed by atoms with Crippen molar-refractivity contribution in [2.45, 2.75) is 80.7 Å². The van der Waals surface area contributed by atoms with E-state index in [-0.39, 0.29) is 18.7 Å². The predicted molar refractivity (Wildman–Crippen MR) is 101 cm³/mol. The number of rotatable bonds is 6. The highest BCUT2D eigenvalue weighted by Crippen LogP contribution is 2.31. The molecular weight excluding hydrogens is 370 g/mol. The molecule has 10 N–H and O–H groups in total. The van der Waals surface area contributed by atoms with Gasteiger partial charge in [0.15, 0.2) is 6.29 Å². The first-order valence-corrected chi connectivity index (χ1v) is 9.56. The van der Waals surface area contributed by atoms with Gasteiger partial charge in [-0.3, -0.25) is 4.79 Å². The van der Waals surface area contributed by atoms with Crippen LogP contribution >= 0.6 is 0 Å². The quantitative estimate of drug-likeness (QED) is 0.257. The normalized spacial score (nSPS) is 42.8. The van der Waals surface area contributed by atoms with Crippen LogP contribution in [0.25, 0.3) is 0 Å². The molecule has 0 aromatic heterocycles. The Kier molecular flexibility index (Phi) is 8.14. The summed E-state index contributed by atoms with van der Waals surface area (Å²) in [5, 5.41) is 21.6. The minimum atomic E-state index is -1.25. The van der Waals surface area contributed by atoms with Gasteiger partial charge in [0.25, 0.3) is 0 Å². The number of aliphatic hydroxyl groups is 2. The van der Waals surface area contributed by atoms with E-state index in [4.69, 9.17) is 37.1 Å². The average molecular weight is 405 g/mol. The molecule has 10 atom stereocenters. The Morgan fingerprint density at radius 1 is 1.25 bits per heavy atom. The summed E-state index contributed by atoms with van der Waals surface area (Å²) in [6, 6.07) is -2.55. The number of ether oxygens (including phenoxy) is 3. The van der Waals surface area contributed by atoms with Gasteiger partial charge < -0.3 is 52.3 Å². The molecule has 0 aromatic carbocycles. The molecule has 2 aliphatic rings. The molecular formula is C17H35N5O6. The molecule has 0 radical (unpaired) electrons. The van der Waals surface area contributed by atoms with Gasteiger partial charge in [0.05, 0.1) is 36.9 Å². The Hall–Kier alpha value is -0.890. The van der Waals surface area contributed by atoms with E-state index in [0.717, 1.165) is 0 Å². The Labute approximate surface area is 165 Å². The summed E-state index contributed by atoms with van der Waals surface area (Å²) >= 11 is 0. The zero-order chi connectivity index (χ0) is 21.2. The number of likely N-dealkylation sites (N-methyl/N-ethyl adjacent to an activating group) is 1. The topological polar surface area (TPSA) is 193 Å². The second-order valence-corrected chi connectivity index (χ2v) is 7.70. The van der Waals surface area contributed by atoms with Crippen molar-refractivity contribution in [3.05, 3.63) is 0 Å². The molecule has 1 saturated heterocycles. The zero-order valence-corrected chi connectivity index (χ0v) is 16.7. The van der Waals surface area contributed by atoms with Crippen LogP contribution in [-0.2, 0) is 19.0 Å². The van der Waals surface area contributed by atoms with E-state index >= 15 is 0 Å². The molecule has 2 rings (SSSR count). The lowest BCUT2D eigenvalue weighted by Gasteiger charge is -2.50. The largest absolute Gasteiger partial charge is 0.389 e. The standard InChI is InChI=1S/C17H35N5O6/c1-7(19)9-5-4-8(20)17(27-9)28-15-11(21)13(24)16(26-3)12(14(15)25)22(2)10(23)6-18/h7-9,11-17,24-25H,4-6,18-21H2,1-3H3/t7?,8?,9-,11+,12+,13+,14+,15+,16+,17+/m0/s1. The first kappa shape index (κ1) is 23.4. The summed E-state index contributed by atoms with van der Waals surface area (Å²) in [5.74, 6) is -0.421. The molecule has 0 bridgehead atoms. The molecule has 2 unspecified atom stereocenters. The van der Waals surface area contributed by atoms with Crippen LogP contribution < -0.4 is 22.9 Å². The number of amides is 1. The first-order valence-electron chi connectivity index (χ1n) is 9.56. The molecule has 2 fully saturated rings.